The van der Waals surface area contributed by atoms with E-state index in [2.05, 4.69) is 9.71 Å². The van der Waals surface area contributed by atoms with Gasteiger partial charge in [0.1, 0.15) is 11.4 Å². The van der Waals surface area contributed by atoms with Crippen molar-refractivity contribution in [1.82, 2.24) is 4.98 Å². The first-order valence-corrected chi connectivity index (χ1v) is 11.4. The van der Waals surface area contributed by atoms with Gasteiger partial charge < -0.3 is 4.74 Å². The highest BCUT2D eigenvalue weighted by atomic mass is 35.5. The number of sulfonamides is 1. The van der Waals surface area contributed by atoms with E-state index >= 15 is 0 Å². The van der Waals surface area contributed by atoms with Crippen LogP contribution in [-0.4, -0.2) is 24.8 Å². The molecule has 8 heteroatoms. The molecule has 0 fully saturated rings. The summed E-state index contributed by atoms with van der Waals surface area (Å²) in [5, 5.41) is 0.320. The average Bonchev–Trinajstić information content (AvgIpc) is 2.68. The van der Waals surface area contributed by atoms with E-state index in [4.69, 9.17) is 16.3 Å². The maximum absolute atomic E-state index is 13.0. The second kappa shape index (κ2) is 8.69. The van der Waals surface area contributed by atoms with Crippen molar-refractivity contribution < 1.29 is 17.9 Å². The molecule has 0 saturated heterocycles. The van der Waals surface area contributed by atoms with Crippen molar-refractivity contribution in [1.29, 1.82) is 0 Å². The van der Waals surface area contributed by atoms with Gasteiger partial charge in [-0.05, 0) is 82.3 Å². The number of carbonyl (C=O) groups is 1. The summed E-state index contributed by atoms with van der Waals surface area (Å²) in [6.45, 7) is 7.49. The minimum absolute atomic E-state index is 0.0434. The first-order chi connectivity index (χ1) is 14.4. The number of rotatable bonds is 6. The van der Waals surface area contributed by atoms with Crippen molar-refractivity contribution in [3.05, 3.63) is 82.6 Å². The summed E-state index contributed by atoms with van der Waals surface area (Å²) in [4.78, 5) is 17.2. The lowest BCUT2D eigenvalue weighted by atomic mass is 10.0. The number of aromatic nitrogens is 1. The number of ketones is 1. The van der Waals surface area contributed by atoms with Crippen LogP contribution < -0.4 is 9.46 Å². The van der Waals surface area contributed by atoms with Gasteiger partial charge in [0, 0.05) is 28.0 Å². The molecule has 162 valence electrons. The number of hydrogen-bond acceptors (Lipinski definition) is 5. The number of anilines is 1. The minimum Gasteiger partial charge on any atom is -0.488 e. The van der Waals surface area contributed by atoms with E-state index < -0.39 is 15.6 Å². The van der Waals surface area contributed by atoms with Gasteiger partial charge in [-0.3, -0.25) is 14.5 Å². The molecular weight excluding hydrogens is 436 g/mol. The van der Waals surface area contributed by atoms with Crippen molar-refractivity contribution in [2.75, 3.05) is 4.72 Å². The van der Waals surface area contributed by atoms with Crippen LogP contribution in [0.4, 0.5) is 5.69 Å². The molecule has 3 rings (SSSR count). The van der Waals surface area contributed by atoms with Crippen LogP contribution in [0.25, 0.3) is 0 Å². The Kier molecular flexibility index (Phi) is 6.38. The van der Waals surface area contributed by atoms with Crippen LogP contribution >= 0.6 is 11.6 Å². The van der Waals surface area contributed by atoms with Crippen LogP contribution in [0.15, 0.2) is 65.7 Å². The number of pyridine rings is 1. The molecule has 0 aliphatic carbocycles. The zero-order valence-corrected chi connectivity index (χ0v) is 19.2. The first-order valence-electron chi connectivity index (χ1n) is 9.53. The number of halogens is 1. The Morgan fingerprint density at radius 3 is 2.32 bits per heavy atom. The van der Waals surface area contributed by atoms with E-state index in [1.54, 1.807) is 31.2 Å². The third-order valence-corrected chi connectivity index (χ3v) is 5.80. The monoisotopic (exact) mass is 458 g/mol. The lowest BCUT2D eigenvalue weighted by molar-refractivity contribution is 0.103. The molecular formula is C23H23ClN2O4S. The predicted octanol–water partition coefficient (Wildman–Crippen LogP) is 5.25. The fourth-order valence-electron chi connectivity index (χ4n) is 2.88. The SMILES string of the molecule is Cc1cc(C(=O)c2cc(Cl)ccc2NS(=O)(=O)c2ccc(OC(C)(C)C)cc2)ccn1. The number of nitrogens with zero attached hydrogens (tertiary/aromatic N) is 1. The lowest BCUT2D eigenvalue weighted by Crippen LogP contribution is -2.23. The Balaban J connectivity index is 1.92. The molecule has 0 bridgehead atoms. The van der Waals surface area contributed by atoms with Crippen molar-refractivity contribution in [2.45, 2.75) is 38.2 Å². The predicted molar refractivity (Wildman–Crippen MR) is 121 cm³/mol. The van der Waals surface area contributed by atoms with Crippen LogP contribution in [0.2, 0.25) is 5.02 Å². The zero-order chi connectivity index (χ0) is 22.8. The highest BCUT2D eigenvalue weighted by Gasteiger charge is 2.21. The van der Waals surface area contributed by atoms with Gasteiger partial charge in [0.2, 0.25) is 0 Å². The van der Waals surface area contributed by atoms with Crippen LogP contribution in [-0.2, 0) is 10.0 Å². The van der Waals surface area contributed by atoms with Crippen LogP contribution in [0, 0.1) is 6.92 Å². The van der Waals surface area contributed by atoms with Crippen molar-refractivity contribution in [3.63, 3.8) is 0 Å². The number of carbonyl (C=O) groups excluding carboxylic acids is 1. The summed E-state index contributed by atoms with van der Waals surface area (Å²) in [5.74, 6) is 0.196. The lowest BCUT2D eigenvalue weighted by Gasteiger charge is -2.21. The van der Waals surface area contributed by atoms with Crippen LogP contribution in [0.1, 0.15) is 42.4 Å². The number of hydrogen-bond donors (Lipinski definition) is 1. The topological polar surface area (TPSA) is 85.4 Å². The molecule has 1 aromatic heterocycles. The zero-order valence-electron chi connectivity index (χ0n) is 17.6. The molecule has 1 N–H and O–H groups in total. The summed E-state index contributed by atoms with van der Waals surface area (Å²) in [5.41, 5.74) is 0.947. The molecule has 2 aromatic carbocycles. The number of benzene rings is 2. The fraction of sp³-hybridized carbons (Fsp3) is 0.217. The minimum atomic E-state index is -3.95. The molecule has 0 radical (unpaired) electrons. The Labute approximate surface area is 187 Å². The Morgan fingerprint density at radius 2 is 1.71 bits per heavy atom. The van der Waals surface area contributed by atoms with Gasteiger partial charge in [-0.2, -0.15) is 0 Å². The van der Waals surface area contributed by atoms with E-state index in [0.717, 1.165) is 0 Å². The van der Waals surface area contributed by atoms with E-state index in [-0.39, 0.29) is 21.9 Å². The van der Waals surface area contributed by atoms with Gasteiger partial charge in [-0.15, -0.1) is 0 Å². The number of ether oxygens (including phenoxy) is 1. The maximum Gasteiger partial charge on any atom is 0.261 e. The molecule has 0 aliphatic heterocycles. The maximum atomic E-state index is 13.0. The highest BCUT2D eigenvalue weighted by Crippen LogP contribution is 2.27. The fourth-order valence-corrected chi connectivity index (χ4v) is 4.13. The quantitative estimate of drug-likeness (QED) is 0.509. The molecule has 0 amide bonds. The molecule has 1 heterocycles. The van der Waals surface area contributed by atoms with Crippen molar-refractivity contribution >= 4 is 33.1 Å². The van der Waals surface area contributed by atoms with Gasteiger partial charge in [0.15, 0.2) is 5.78 Å². The molecule has 6 nitrogen and oxygen atoms in total. The normalized spacial score (nSPS) is 11.8. The smallest absolute Gasteiger partial charge is 0.261 e. The Bertz CT molecular complexity index is 1220. The first kappa shape index (κ1) is 22.8. The Hall–Kier alpha value is -2.90. The summed E-state index contributed by atoms with van der Waals surface area (Å²) >= 11 is 6.08. The van der Waals surface area contributed by atoms with Crippen molar-refractivity contribution in [2.24, 2.45) is 0 Å². The standard InChI is InChI=1S/C23H23ClN2O4S/c1-15-13-16(11-12-25-15)22(27)20-14-17(24)5-10-21(20)26-31(28,29)19-8-6-18(7-9-19)30-23(2,3)4/h5-14,26H,1-4H3. The molecule has 0 unspecified atom stereocenters. The van der Waals surface area contributed by atoms with E-state index in [0.29, 0.717) is 22.0 Å². The highest BCUT2D eigenvalue weighted by molar-refractivity contribution is 7.92. The van der Waals surface area contributed by atoms with Gasteiger partial charge in [0.05, 0.1) is 10.6 Å². The molecule has 0 saturated carbocycles. The Morgan fingerprint density at radius 1 is 1.03 bits per heavy atom. The van der Waals surface area contributed by atoms with Gasteiger partial charge in [-0.25, -0.2) is 8.42 Å². The molecule has 0 aliphatic rings. The summed E-state index contributed by atoms with van der Waals surface area (Å²) < 4.78 is 34.1. The number of aryl methyl sites for hydroxylation is 1. The van der Waals surface area contributed by atoms with Gasteiger partial charge >= 0.3 is 0 Å². The third-order valence-electron chi connectivity index (χ3n) is 4.19. The molecule has 31 heavy (non-hydrogen) atoms. The molecule has 0 atom stereocenters. The van der Waals surface area contributed by atoms with Crippen LogP contribution in [0.5, 0.6) is 5.75 Å². The van der Waals surface area contributed by atoms with E-state index in [9.17, 15) is 13.2 Å². The molecule has 0 spiro atoms. The van der Waals surface area contributed by atoms with Crippen molar-refractivity contribution in [3.8, 4) is 5.75 Å². The number of nitrogens with one attached hydrogen (secondary N) is 1. The third kappa shape index (κ3) is 5.83. The van der Waals surface area contributed by atoms with Gasteiger partial charge in [0.25, 0.3) is 10.0 Å². The molecule has 3 aromatic rings. The largest absolute Gasteiger partial charge is 0.488 e. The van der Waals surface area contributed by atoms with Crippen LogP contribution in [0.3, 0.4) is 0 Å². The van der Waals surface area contributed by atoms with E-state index in [1.807, 2.05) is 20.8 Å². The average molecular weight is 459 g/mol. The van der Waals surface area contributed by atoms with Gasteiger partial charge in [-0.1, -0.05) is 11.6 Å². The second-order valence-corrected chi connectivity index (χ2v) is 10.1. The van der Waals surface area contributed by atoms with E-state index in [1.165, 1.54) is 36.5 Å². The summed E-state index contributed by atoms with van der Waals surface area (Å²) in [6, 6.07) is 13.7. The second-order valence-electron chi connectivity index (χ2n) is 8.00. The summed E-state index contributed by atoms with van der Waals surface area (Å²) in [6.07, 6.45) is 1.53. The summed E-state index contributed by atoms with van der Waals surface area (Å²) in [7, 11) is -3.95.